The largest absolute Gasteiger partial charge is 0.402 e. The Kier molecular flexibility index (Phi) is 18.7. The normalized spacial score (nSPS) is 12.4. The summed E-state index contributed by atoms with van der Waals surface area (Å²) in [6, 6.07) is 7.83. The van der Waals surface area contributed by atoms with Crippen molar-refractivity contribution >= 4 is 23.6 Å². The van der Waals surface area contributed by atoms with Crippen LogP contribution in [0, 0.1) is 5.92 Å². The molecule has 1 atom stereocenters. The van der Waals surface area contributed by atoms with Crippen molar-refractivity contribution in [2.75, 3.05) is 39.3 Å². The van der Waals surface area contributed by atoms with E-state index in [1.807, 2.05) is 51.1 Å². The summed E-state index contributed by atoms with van der Waals surface area (Å²) in [5, 5.41) is 5.40. The number of carbonyl (C=O) groups is 4. The van der Waals surface area contributed by atoms with Crippen LogP contribution in [0.15, 0.2) is 36.0 Å². The van der Waals surface area contributed by atoms with Crippen LogP contribution in [0.1, 0.15) is 83.8 Å². The van der Waals surface area contributed by atoms with E-state index in [9.17, 15) is 19.2 Å². The van der Waals surface area contributed by atoms with E-state index in [4.69, 9.17) is 22.9 Å². The third kappa shape index (κ3) is 18.2. The van der Waals surface area contributed by atoms with Gasteiger partial charge in [-0.25, -0.2) is 0 Å². The van der Waals surface area contributed by atoms with Crippen LogP contribution < -0.4 is 33.6 Å². The average Bonchev–Trinajstić information content (AvgIpc) is 3.00. The second-order valence-corrected chi connectivity index (χ2v) is 12.4. The third-order valence-electron chi connectivity index (χ3n) is 7.41. The zero-order chi connectivity index (χ0) is 33.8. The van der Waals surface area contributed by atoms with E-state index in [1.165, 1.54) is 0 Å². The van der Waals surface area contributed by atoms with Crippen LogP contribution in [0.4, 0.5) is 0 Å². The Morgan fingerprint density at radius 2 is 1.27 bits per heavy atom. The molecule has 0 aliphatic heterocycles. The van der Waals surface area contributed by atoms with Gasteiger partial charge in [-0.15, -0.1) is 0 Å². The molecule has 0 heterocycles. The van der Waals surface area contributed by atoms with Gasteiger partial charge in [0, 0.05) is 89.3 Å². The van der Waals surface area contributed by atoms with Crippen molar-refractivity contribution < 1.29 is 19.2 Å². The number of allylic oxidation sites excluding steroid dienone is 2. The van der Waals surface area contributed by atoms with Crippen molar-refractivity contribution in [3.63, 3.8) is 0 Å². The zero-order valence-electron chi connectivity index (χ0n) is 27.9. The molecule has 0 aromatic heterocycles. The summed E-state index contributed by atoms with van der Waals surface area (Å²) < 4.78 is 0. The minimum atomic E-state index is -0.446. The van der Waals surface area contributed by atoms with Crippen LogP contribution in [0.2, 0.25) is 0 Å². The fourth-order valence-electron chi connectivity index (χ4n) is 4.55. The SMILES string of the molecule is C/C=C(/N)CC(C)CCN(Cc1ccc(CN(CCC(C)(C)N)C(=O)CCC(=O)NCCN)cc1)C(=O)CCC(=O)NCCN. The molecule has 12 nitrogen and oxygen atoms in total. The summed E-state index contributed by atoms with van der Waals surface area (Å²) in [6.07, 6.45) is 4.44. The van der Waals surface area contributed by atoms with Crippen molar-refractivity contribution in [3.8, 4) is 0 Å². The van der Waals surface area contributed by atoms with E-state index >= 15 is 0 Å². The molecule has 0 saturated heterocycles. The number of hydrogen-bond donors (Lipinski definition) is 6. The number of amides is 4. The van der Waals surface area contributed by atoms with Gasteiger partial charge in [-0.1, -0.05) is 37.3 Å². The molecule has 0 fully saturated rings. The lowest BCUT2D eigenvalue weighted by molar-refractivity contribution is -0.134. The number of nitrogens with one attached hydrogen (secondary N) is 2. The lowest BCUT2D eigenvalue weighted by atomic mass is 10.0. The Morgan fingerprint density at radius 1 is 0.822 bits per heavy atom. The van der Waals surface area contributed by atoms with E-state index in [0.29, 0.717) is 64.7 Å². The number of rotatable bonds is 22. The van der Waals surface area contributed by atoms with Gasteiger partial charge in [0.15, 0.2) is 0 Å². The molecule has 12 heteroatoms. The highest BCUT2D eigenvalue weighted by Gasteiger charge is 2.20. The highest BCUT2D eigenvalue weighted by atomic mass is 16.2. The maximum Gasteiger partial charge on any atom is 0.223 e. The molecule has 0 spiro atoms. The van der Waals surface area contributed by atoms with Gasteiger partial charge in [-0.3, -0.25) is 19.2 Å². The molecule has 10 N–H and O–H groups in total. The number of benzene rings is 1. The predicted molar refractivity (Wildman–Crippen MR) is 179 cm³/mol. The monoisotopic (exact) mass is 630 g/mol. The highest BCUT2D eigenvalue weighted by molar-refractivity contribution is 5.84. The van der Waals surface area contributed by atoms with Gasteiger partial charge < -0.3 is 43.4 Å². The van der Waals surface area contributed by atoms with Crippen LogP contribution >= 0.6 is 0 Å². The van der Waals surface area contributed by atoms with Gasteiger partial charge in [0.25, 0.3) is 0 Å². The summed E-state index contributed by atoms with van der Waals surface area (Å²) in [4.78, 5) is 54.0. The molecule has 0 radical (unpaired) electrons. The molecule has 1 unspecified atom stereocenters. The number of carbonyl (C=O) groups excluding carboxylic acids is 4. The Hall–Kier alpha value is -3.48. The molecular weight excluding hydrogens is 572 g/mol. The minimum Gasteiger partial charge on any atom is -0.402 e. The van der Waals surface area contributed by atoms with E-state index in [2.05, 4.69) is 17.6 Å². The average molecular weight is 631 g/mol. The Balaban J connectivity index is 2.97. The third-order valence-corrected chi connectivity index (χ3v) is 7.41. The molecule has 1 rings (SSSR count). The van der Waals surface area contributed by atoms with Crippen molar-refractivity contribution in [2.24, 2.45) is 28.9 Å². The fourth-order valence-corrected chi connectivity index (χ4v) is 4.55. The van der Waals surface area contributed by atoms with Crippen molar-refractivity contribution in [1.29, 1.82) is 0 Å². The Morgan fingerprint density at radius 3 is 1.67 bits per heavy atom. The molecule has 0 bridgehead atoms. The predicted octanol–water partition coefficient (Wildman–Crippen LogP) is 1.46. The Bertz CT molecular complexity index is 1090. The second kappa shape index (κ2) is 21.3. The summed E-state index contributed by atoms with van der Waals surface area (Å²) in [5.74, 6) is -0.315. The molecule has 0 aliphatic rings. The van der Waals surface area contributed by atoms with Crippen LogP contribution in [0.3, 0.4) is 0 Å². The highest BCUT2D eigenvalue weighted by Crippen LogP contribution is 2.17. The van der Waals surface area contributed by atoms with Gasteiger partial charge in [-0.2, -0.15) is 0 Å². The lowest BCUT2D eigenvalue weighted by Crippen LogP contribution is -2.40. The molecule has 1 aromatic carbocycles. The first kappa shape index (κ1) is 39.5. The molecular formula is C33H58N8O4. The molecule has 1 aromatic rings. The van der Waals surface area contributed by atoms with Crippen LogP contribution in [-0.4, -0.2) is 78.2 Å². The lowest BCUT2D eigenvalue weighted by Gasteiger charge is -2.27. The van der Waals surface area contributed by atoms with Gasteiger partial charge in [0.2, 0.25) is 23.6 Å². The Labute approximate surface area is 269 Å². The molecule has 254 valence electrons. The number of nitrogens with zero attached hydrogens (tertiary/aromatic N) is 2. The van der Waals surface area contributed by atoms with Gasteiger partial charge in [-0.05, 0) is 57.1 Å². The second-order valence-electron chi connectivity index (χ2n) is 12.4. The minimum absolute atomic E-state index is 0.0927. The summed E-state index contributed by atoms with van der Waals surface area (Å²) >= 11 is 0. The molecule has 45 heavy (non-hydrogen) atoms. The quantitative estimate of drug-likeness (QED) is 0.110. The first-order chi connectivity index (χ1) is 21.3. The smallest absolute Gasteiger partial charge is 0.223 e. The first-order valence-corrected chi connectivity index (χ1v) is 16.0. The van der Waals surface area contributed by atoms with Gasteiger partial charge >= 0.3 is 0 Å². The molecule has 4 amide bonds. The van der Waals surface area contributed by atoms with E-state index in [-0.39, 0.29) is 49.3 Å². The zero-order valence-corrected chi connectivity index (χ0v) is 27.9. The molecule has 0 aliphatic carbocycles. The van der Waals surface area contributed by atoms with Crippen molar-refractivity contribution in [1.82, 2.24) is 20.4 Å². The van der Waals surface area contributed by atoms with Crippen molar-refractivity contribution in [2.45, 2.75) is 91.3 Å². The van der Waals surface area contributed by atoms with Crippen LogP contribution in [0.25, 0.3) is 0 Å². The first-order valence-electron chi connectivity index (χ1n) is 16.0. The van der Waals surface area contributed by atoms with Crippen LogP contribution in [-0.2, 0) is 32.3 Å². The maximum absolute atomic E-state index is 13.2. The number of nitrogens with two attached hydrogens (primary N) is 4. The van der Waals surface area contributed by atoms with Crippen LogP contribution in [0.5, 0.6) is 0 Å². The summed E-state index contributed by atoms with van der Waals surface area (Å²) in [6.45, 7) is 11.1. The fraction of sp³-hybridized carbons (Fsp3) is 0.636. The number of hydrogen-bond acceptors (Lipinski definition) is 8. The standard InChI is InChI=1S/C33H58N8O4/c1-5-28(36)22-25(2)14-20-40(31(44)12-10-29(42)38-18-16-34)23-26-6-8-27(9-7-26)24-41(21-15-33(3,4)37)32(45)13-11-30(43)39-19-17-35/h5-9,25H,10-24,34-37H2,1-4H3,(H,38,42)(H,39,43)/b28-5+. The molecule has 0 saturated carbocycles. The van der Waals surface area contributed by atoms with Gasteiger partial charge in [0.05, 0.1) is 0 Å². The summed E-state index contributed by atoms with van der Waals surface area (Å²) in [5.41, 5.74) is 25.4. The van der Waals surface area contributed by atoms with Crippen molar-refractivity contribution in [3.05, 3.63) is 47.2 Å². The van der Waals surface area contributed by atoms with E-state index in [0.717, 1.165) is 29.7 Å². The maximum atomic E-state index is 13.2. The van der Waals surface area contributed by atoms with E-state index < -0.39 is 5.54 Å². The van der Waals surface area contributed by atoms with E-state index in [1.54, 1.807) is 9.80 Å². The summed E-state index contributed by atoms with van der Waals surface area (Å²) in [7, 11) is 0. The van der Waals surface area contributed by atoms with Gasteiger partial charge in [0.1, 0.15) is 0 Å². The topological polar surface area (TPSA) is 203 Å².